The van der Waals surface area contributed by atoms with E-state index >= 15 is 0 Å². The number of aryl methyl sites for hydroxylation is 1. The van der Waals surface area contributed by atoms with Gasteiger partial charge in [0.25, 0.3) is 0 Å². The second-order valence-corrected chi connectivity index (χ2v) is 5.63. The first-order chi connectivity index (χ1) is 11.3. The van der Waals surface area contributed by atoms with Gasteiger partial charge >= 0.3 is 0 Å². The lowest BCUT2D eigenvalue weighted by Crippen LogP contribution is -2.25. The van der Waals surface area contributed by atoms with Gasteiger partial charge in [-0.3, -0.25) is 0 Å². The van der Waals surface area contributed by atoms with E-state index in [4.69, 9.17) is 5.73 Å². The average Bonchev–Trinajstić information content (AvgIpc) is 3.22. The molecule has 1 unspecified atom stereocenters. The van der Waals surface area contributed by atoms with Gasteiger partial charge in [-0.25, -0.2) is 15.0 Å². The van der Waals surface area contributed by atoms with E-state index in [9.17, 15) is 0 Å². The highest BCUT2D eigenvalue weighted by Crippen LogP contribution is 2.36. The molecule has 0 radical (unpaired) electrons. The Morgan fingerprint density at radius 1 is 1.22 bits per heavy atom. The van der Waals surface area contributed by atoms with E-state index in [1.54, 1.807) is 12.4 Å². The number of fused-ring (bicyclic) bond motifs is 1. The Kier molecular flexibility index (Phi) is 3.29. The number of aromatic nitrogens is 6. The monoisotopic (exact) mass is 310 g/mol. The lowest BCUT2D eigenvalue weighted by molar-refractivity contribution is 0.674. The molecule has 3 aromatic heterocycles. The van der Waals surface area contributed by atoms with Crippen LogP contribution in [0.5, 0.6) is 0 Å². The minimum atomic E-state index is 0.146. The van der Waals surface area contributed by atoms with E-state index < -0.39 is 0 Å². The van der Waals surface area contributed by atoms with E-state index in [-0.39, 0.29) is 6.04 Å². The van der Waals surface area contributed by atoms with Gasteiger partial charge in [-0.05, 0) is 31.9 Å². The number of nitrogens with two attached hydrogens (primary N) is 1. The number of rotatable bonds is 3. The number of nitrogen functional groups attached to an aromatic ring is 1. The average molecular weight is 310 g/mol. The molecular formula is C15H18N8. The van der Waals surface area contributed by atoms with Gasteiger partial charge in [0.1, 0.15) is 12.1 Å². The molecule has 118 valence electrons. The van der Waals surface area contributed by atoms with Crippen LogP contribution in [0.4, 0.5) is 11.6 Å². The Labute approximate surface area is 133 Å². The smallest absolute Gasteiger partial charge is 0.165 e. The molecule has 0 saturated carbocycles. The van der Waals surface area contributed by atoms with Gasteiger partial charge in [-0.1, -0.05) is 0 Å². The second kappa shape index (κ2) is 5.45. The Morgan fingerprint density at radius 3 is 2.91 bits per heavy atom. The first-order valence-electron chi connectivity index (χ1n) is 7.79. The summed E-state index contributed by atoms with van der Waals surface area (Å²) in [5, 5.41) is 8.23. The van der Waals surface area contributed by atoms with Crippen LogP contribution in [0.2, 0.25) is 0 Å². The molecule has 1 atom stereocenters. The standard InChI is InChI=1S/C15H18N8/c1-2-22-9-19-13-14(22)17-8-18-15(13)23-7-3-4-11(23)10-5-6-12(16)21-20-10/h5-6,8-9,11H,2-4,7H2,1H3,(H2,16,21). The van der Waals surface area contributed by atoms with Gasteiger partial charge in [0.15, 0.2) is 17.0 Å². The predicted octanol–water partition coefficient (Wildman–Crippen LogP) is 1.56. The van der Waals surface area contributed by atoms with E-state index in [1.165, 1.54) is 0 Å². The quantitative estimate of drug-likeness (QED) is 0.783. The number of hydrogen-bond acceptors (Lipinski definition) is 7. The molecule has 4 rings (SSSR count). The Morgan fingerprint density at radius 2 is 2.13 bits per heavy atom. The van der Waals surface area contributed by atoms with Crippen LogP contribution in [0.25, 0.3) is 11.2 Å². The highest BCUT2D eigenvalue weighted by atomic mass is 15.3. The molecule has 1 saturated heterocycles. The van der Waals surface area contributed by atoms with E-state index in [1.807, 2.05) is 17.0 Å². The molecule has 1 aliphatic heterocycles. The molecule has 0 aromatic carbocycles. The van der Waals surface area contributed by atoms with Gasteiger partial charge in [0.2, 0.25) is 0 Å². The van der Waals surface area contributed by atoms with Crippen LogP contribution < -0.4 is 10.6 Å². The Balaban J connectivity index is 1.77. The van der Waals surface area contributed by atoms with Crippen LogP contribution in [-0.4, -0.2) is 36.3 Å². The molecule has 4 heterocycles. The van der Waals surface area contributed by atoms with E-state index in [0.29, 0.717) is 5.82 Å². The maximum absolute atomic E-state index is 5.64. The van der Waals surface area contributed by atoms with Gasteiger partial charge in [0.05, 0.1) is 18.1 Å². The third-order valence-electron chi connectivity index (χ3n) is 4.29. The van der Waals surface area contributed by atoms with Crippen LogP contribution in [0.1, 0.15) is 31.5 Å². The van der Waals surface area contributed by atoms with Crippen LogP contribution in [-0.2, 0) is 6.54 Å². The summed E-state index contributed by atoms with van der Waals surface area (Å²) in [6.07, 6.45) is 5.52. The number of imidazole rings is 1. The Bertz CT molecular complexity index is 825. The minimum absolute atomic E-state index is 0.146. The number of anilines is 2. The molecule has 1 aliphatic rings. The maximum atomic E-state index is 5.64. The minimum Gasteiger partial charge on any atom is -0.382 e. The van der Waals surface area contributed by atoms with Gasteiger partial charge < -0.3 is 15.2 Å². The van der Waals surface area contributed by atoms with Crippen molar-refractivity contribution in [2.75, 3.05) is 17.2 Å². The van der Waals surface area contributed by atoms with Crippen LogP contribution in [0, 0.1) is 0 Å². The summed E-state index contributed by atoms with van der Waals surface area (Å²) >= 11 is 0. The number of nitrogens with zero attached hydrogens (tertiary/aromatic N) is 7. The molecule has 2 N–H and O–H groups in total. The number of hydrogen-bond donors (Lipinski definition) is 1. The maximum Gasteiger partial charge on any atom is 0.165 e. The summed E-state index contributed by atoms with van der Waals surface area (Å²) in [6.45, 7) is 3.83. The van der Waals surface area contributed by atoms with Gasteiger partial charge in [-0.15, -0.1) is 5.10 Å². The highest BCUT2D eigenvalue weighted by Gasteiger charge is 2.30. The molecule has 3 aromatic rings. The van der Waals surface area contributed by atoms with Crippen molar-refractivity contribution in [3.63, 3.8) is 0 Å². The van der Waals surface area contributed by atoms with Crippen molar-refractivity contribution in [1.29, 1.82) is 0 Å². The zero-order valence-corrected chi connectivity index (χ0v) is 12.9. The normalized spacial score (nSPS) is 18.0. The second-order valence-electron chi connectivity index (χ2n) is 5.63. The summed E-state index contributed by atoms with van der Waals surface area (Å²) in [4.78, 5) is 15.6. The molecular weight excluding hydrogens is 292 g/mol. The van der Waals surface area contributed by atoms with Gasteiger partial charge in [0, 0.05) is 13.1 Å². The first kappa shape index (κ1) is 13.9. The fourth-order valence-electron chi connectivity index (χ4n) is 3.17. The molecule has 0 aliphatic carbocycles. The third kappa shape index (κ3) is 2.26. The molecule has 0 bridgehead atoms. The molecule has 8 heteroatoms. The van der Waals surface area contributed by atoms with Crippen molar-refractivity contribution in [3.05, 3.63) is 30.5 Å². The molecule has 1 fully saturated rings. The van der Waals surface area contributed by atoms with Crippen molar-refractivity contribution in [1.82, 2.24) is 29.7 Å². The fourth-order valence-corrected chi connectivity index (χ4v) is 3.17. The summed E-state index contributed by atoms with van der Waals surface area (Å²) in [5.74, 6) is 1.30. The van der Waals surface area contributed by atoms with Crippen LogP contribution >= 0.6 is 0 Å². The first-order valence-corrected chi connectivity index (χ1v) is 7.79. The van der Waals surface area contributed by atoms with Crippen molar-refractivity contribution in [2.45, 2.75) is 32.4 Å². The summed E-state index contributed by atoms with van der Waals surface area (Å²) in [6, 6.07) is 3.88. The largest absolute Gasteiger partial charge is 0.382 e. The zero-order valence-electron chi connectivity index (χ0n) is 12.9. The van der Waals surface area contributed by atoms with Crippen molar-refractivity contribution < 1.29 is 0 Å². The lowest BCUT2D eigenvalue weighted by Gasteiger charge is -2.25. The topological polar surface area (TPSA) is 98.6 Å². The van der Waals surface area contributed by atoms with Crippen molar-refractivity contribution in [3.8, 4) is 0 Å². The molecule has 23 heavy (non-hydrogen) atoms. The summed E-state index contributed by atoms with van der Waals surface area (Å²) in [7, 11) is 0. The lowest BCUT2D eigenvalue weighted by atomic mass is 10.1. The highest BCUT2D eigenvalue weighted by molar-refractivity contribution is 5.83. The third-order valence-corrected chi connectivity index (χ3v) is 4.29. The van der Waals surface area contributed by atoms with E-state index in [2.05, 4.69) is 37.0 Å². The van der Waals surface area contributed by atoms with Gasteiger partial charge in [-0.2, -0.15) is 5.10 Å². The van der Waals surface area contributed by atoms with Crippen molar-refractivity contribution >= 4 is 22.8 Å². The Hall–Kier alpha value is -2.77. The van der Waals surface area contributed by atoms with Crippen LogP contribution in [0.3, 0.4) is 0 Å². The fraction of sp³-hybridized carbons (Fsp3) is 0.400. The summed E-state index contributed by atoms with van der Waals surface area (Å²) < 4.78 is 2.02. The van der Waals surface area contributed by atoms with E-state index in [0.717, 1.165) is 48.6 Å². The zero-order chi connectivity index (χ0) is 15.8. The molecule has 8 nitrogen and oxygen atoms in total. The predicted molar refractivity (Wildman–Crippen MR) is 86.8 cm³/mol. The van der Waals surface area contributed by atoms with Crippen LogP contribution in [0.15, 0.2) is 24.8 Å². The SMILES string of the molecule is CCn1cnc2c(N3CCCC3c3ccc(N)nn3)ncnc21. The van der Waals surface area contributed by atoms with Crippen molar-refractivity contribution in [2.24, 2.45) is 0 Å². The molecule has 0 spiro atoms. The summed E-state index contributed by atoms with van der Waals surface area (Å²) in [5.41, 5.74) is 8.26. The molecule has 0 amide bonds.